The lowest BCUT2D eigenvalue weighted by atomic mass is 10.2. The number of pyridine rings is 1. The molecule has 22 heavy (non-hydrogen) atoms. The van der Waals surface area contributed by atoms with Crippen LogP contribution in [0.25, 0.3) is 6.08 Å². The van der Waals surface area contributed by atoms with Gasteiger partial charge in [0.2, 0.25) is 5.91 Å². The van der Waals surface area contributed by atoms with Gasteiger partial charge in [-0.25, -0.2) is 0 Å². The molecule has 0 bridgehead atoms. The van der Waals surface area contributed by atoms with E-state index in [1.54, 1.807) is 24.4 Å². The molecule has 0 aliphatic carbocycles. The monoisotopic (exact) mass is 297 g/mol. The van der Waals surface area contributed by atoms with Crippen molar-refractivity contribution in [2.45, 2.75) is 6.42 Å². The van der Waals surface area contributed by atoms with Gasteiger partial charge >= 0.3 is 0 Å². The number of benzene rings is 1. The van der Waals surface area contributed by atoms with E-state index in [1.165, 1.54) is 18.2 Å². The van der Waals surface area contributed by atoms with Gasteiger partial charge in [-0.2, -0.15) is 0 Å². The second-order valence-corrected chi connectivity index (χ2v) is 4.54. The highest BCUT2D eigenvalue weighted by atomic mass is 16.6. The van der Waals surface area contributed by atoms with Crippen molar-refractivity contribution in [1.29, 1.82) is 0 Å². The summed E-state index contributed by atoms with van der Waals surface area (Å²) in [6.07, 6.45) is 5.39. The normalized spacial score (nSPS) is 10.5. The van der Waals surface area contributed by atoms with Crippen LogP contribution in [0.3, 0.4) is 0 Å². The molecule has 2 aromatic rings. The van der Waals surface area contributed by atoms with Gasteiger partial charge in [-0.3, -0.25) is 19.9 Å². The summed E-state index contributed by atoms with van der Waals surface area (Å²) in [5, 5.41) is 13.3. The van der Waals surface area contributed by atoms with Gasteiger partial charge in [-0.05, 0) is 35.9 Å². The van der Waals surface area contributed by atoms with Crippen LogP contribution < -0.4 is 5.32 Å². The molecule has 1 N–H and O–H groups in total. The van der Waals surface area contributed by atoms with Crippen molar-refractivity contribution in [3.05, 3.63) is 76.1 Å². The highest BCUT2D eigenvalue weighted by Gasteiger charge is 2.02. The summed E-state index contributed by atoms with van der Waals surface area (Å²) in [6.45, 7) is 0.500. The number of nitrogens with zero attached hydrogens (tertiary/aromatic N) is 2. The van der Waals surface area contributed by atoms with Crippen molar-refractivity contribution >= 4 is 17.7 Å². The van der Waals surface area contributed by atoms with E-state index < -0.39 is 4.92 Å². The Morgan fingerprint density at radius 1 is 1.23 bits per heavy atom. The average molecular weight is 297 g/mol. The Kier molecular flexibility index (Phi) is 5.37. The Labute approximate surface area is 127 Å². The van der Waals surface area contributed by atoms with Crippen LogP contribution in [0.2, 0.25) is 0 Å². The van der Waals surface area contributed by atoms with Gasteiger partial charge in [0.05, 0.1) is 4.92 Å². The molecule has 0 fully saturated rings. The fourth-order valence-electron chi connectivity index (χ4n) is 1.80. The molecule has 1 amide bonds. The summed E-state index contributed by atoms with van der Waals surface area (Å²) < 4.78 is 0. The molecular weight excluding hydrogens is 282 g/mol. The number of carbonyl (C=O) groups is 1. The van der Waals surface area contributed by atoms with Crippen LogP contribution in [0.1, 0.15) is 11.3 Å². The van der Waals surface area contributed by atoms with Crippen molar-refractivity contribution < 1.29 is 9.72 Å². The van der Waals surface area contributed by atoms with Crippen molar-refractivity contribution in [3.8, 4) is 0 Å². The summed E-state index contributed by atoms with van der Waals surface area (Å²) >= 11 is 0. The minimum Gasteiger partial charge on any atom is -0.352 e. The first-order valence-corrected chi connectivity index (χ1v) is 6.75. The van der Waals surface area contributed by atoms with Crippen LogP contribution in [-0.4, -0.2) is 22.4 Å². The second-order valence-electron chi connectivity index (χ2n) is 4.54. The predicted octanol–water partition coefficient (Wildman–Crippen LogP) is 2.36. The lowest BCUT2D eigenvalue weighted by Gasteiger charge is -2.01. The number of nitro groups is 1. The minimum absolute atomic E-state index is 0.0250. The molecule has 1 heterocycles. The van der Waals surface area contributed by atoms with Crippen molar-refractivity contribution in [1.82, 2.24) is 10.3 Å². The number of rotatable bonds is 6. The topological polar surface area (TPSA) is 85.1 Å². The lowest BCUT2D eigenvalue weighted by molar-refractivity contribution is -0.384. The largest absolute Gasteiger partial charge is 0.352 e. The fourth-order valence-corrected chi connectivity index (χ4v) is 1.80. The molecule has 0 spiro atoms. The number of aromatic nitrogens is 1. The maximum absolute atomic E-state index is 11.7. The summed E-state index contributed by atoms with van der Waals surface area (Å²) in [6, 6.07) is 11.6. The molecule has 0 unspecified atom stereocenters. The third kappa shape index (κ3) is 4.82. The Hall–Kier alpha value is -3.02. The summed E-state index contributed by atoms with van der Waals surface area (Å²) in [4.78, 5) is 25.9. The van der Waals surface area contributed by atoms with E-state index in [0.717, 1.165) is 11.3 Å². The third-order valence-corrected chi connectivity index (χ3v) is 2.94. The molecule has 0 radical (unpaired) electrons. The van der Waals surface area contributed by atoms with Gasteiger partial charge in [-0.1, -0.05) is 6.07 Å². The summed E-state index contributed by atoms with van der Waals surface area (Å²) in [5.74, 6) is -0.214. The van der Waals surface area contributed by atoms with E-state index >= 15 is 0 Å². The van der Waals surface area contributed by atoms with Crippen LogP contribution in [0.4, 0.5) is 5.69 Å². The van der Waals surface area contributed by atoms with Crippen LogP contribution in [0.5, 0.6) is 0 Å². The average Bonchev–Trinajstić information content (AvgIpc) is 2.54. The van der Waals surface area contributed by atoms with E-state index in [1.807, 2.05) is 18.2 Å². The Bertz CT molecular complexity index is 667. The van der Waals surface area contributed by atoms with Crippen LogP contribution in [-0.2, 0) is 11.2 Å². The quantitative estimate of drug-likeness (QED) is 0.504. The zero-order chi connectivity index (χ0) is 15.8. The Morgan fingerprint density at radius 3 is 2.64 bits per heavy atom. The van der Waals surface area contributed by atoms with Crippen molar-refractivity contribution in [2.75, 3.05) is 6.54 Å². The lowest BCUT2D eigenvalue weighted by Crippen LogP contribution is -2.23. The molecule has 2 rings (SSSR count). The van der Waals surface area contributed by atoms with Crippen LogP contribution >= 0.6 is 0 Å². The number of non-ortho nitro benzene ring substituents is 1. The molecule has 6 heteroatoms. The van der Waals surface area contributed by atoms with E-state index in [0.29, 0.717) is 13.0 Å². The molecule has 0 aliphatic rings. The van der Waals surface area contributed by atoms with Gasteiger partial charge in [0.25, 0.3) is 5.69 Å². The highest BCUT2D eigenvalue weighted by molar-refractivity contribution is 5.91. The Morgan fingerprint density at radius 2 is 2.00 bits per heavy atom. The number of nitrogens with one attached hydrogen (secondary N) is 1. The molecule has 0 saturated carbocycles. The molecule has 1 aromatic carbocycles. The van der Waals surface area contributed by atoms with Gasteiger partial charge in [-0.15, -0.1) is 0 Å². The number of nitro benzene ring substituents is 1. The van der Waals surface area contributed by atoms with Gasteiger partial charge in [0.1, 0.15) is 0 Å². The number of carbonyl (C=O) groups excluding carboxylic acids is 1. The standard InChI is InChI=1S/C16H15N3O3/c20-16(18-12-10-14-3-1-2-11-17-14)9-6-13-4-7-15(8-5-13)19(21)22/h1-9,11H,10,12H2,(H,18,20)/b9-6+. The zero-order valence-corrected chi connectivity index (χ0v) is 11.8. The summed E-state index contributed by atoms with van der Waals surface area (Å²) in [7, 11) is 0. The van der Waals surface area contributed by atoms with Crippen molar-refractivity contribution in [2.24, 2.45) is 0 Å². The first kappa shape index (κ1) is 15.4. The van der Waals surface area contributed by atoms with E-state index in [4.69, 9.17) is 0 Å². The molecule has 112 valence electrons. The molecule has 0 aliphatic heterocycles. The zero-order valence-electron chi connectivity index (χ0n) is 11.8. The van der Waals surface area contributed by atoms with Crippen LogP contribution in [0.15, 0.2) is 54.7 Å². The van der Waals surface area contributed by atoms with Gasteiger partial charge in [0.15, 0.2) is 0 Å². The number of amides is 1. The van der Waals surface area contributed by atoms with E-state index in [-0.39, 0.29) is 11.6 Å². The first-order chi connectivity index (χ1) is 10.6. The number of hydrogen-bond acceptors (Lipinski definition) is 4. The summed E-state index contributed by atoms with van der Waals surface area (Å²) in [5.41, 5.74) is 1.67. The molecule has 1 aromatic heterocycles. The fraction of sp³-hybridized carbons (Fsp3) is 0.125. The molecule has 6 nitrogen and oxygen atoms in total. The molecule has 0 atom stereocenters. The van der Waals surface area contributed by atoms with Crippen molar-refractivity contribution in [3.63, 3.8) is 0 Å². The highest BCUT2D eigenvalue weighted by Crippen LogP contribution is 2.12. The SMILES string of the molecule is O=C(/C=C/c1ccc([N+](=O)[O-])cc1)NCCc1ccccn1. The van der Waals surface area contributed by atoms with E-state index in [9.17, 15) is 14.9 Å². The van der Waals surface area contributed by atoms with Gasteiger partial charge in [0, 0.05) is 43.1 Å². The molecule has 0 saturated heterocycles. The molecular formula is C16H15N3O3. The first-order valence-electron chi connectivity index (χ1n) is 6.75. The second kappa shape index (κ2) is 7.68. The maximum atomic E-state index is 11.7. The van der Waals surface area contributed by atoms with E-state index in [2.05, 4.69) is 10.3 Å². The predicted molar refractivity (Wildman–Crippen MR) is 83.1 cm³/mol. The smallest absolute Gasteiger partial charge is 0.269 e. The minimum atomic E-state index is -0.460. The van der Waals surface area contributed by atoms with Crippen LogP contribution in [0, 0.1) is 10.1 Å². The maximum Gasteiger partial charge on any atom is 0.269 e. The number of hydrogen-bond donors (Lipinski definition) is 1. The third-order valence-electron chi connectivity index (χ3n) is 2.94. The Balaban J connectivity index is 1.80. The van der Waals surface area contributed by atoms with Gasteiger partial charge < -0.3 is 5.32 Å².